The lowest BCUT2D eigenvalue weighted by Gasteiger charge is -2.30. The van der Waals surface area contributed by atoms with Crippen LogP contribution in [0.3, 0.4) is 0 Å². The summed E-state index contributed by atoms with van der Waals surface area (Å²) in [4.78, 5) is 37.1. The number of hydrogen-bond donors (Lipinski definition) is 5. The lowest BCUT2D eigenvalue weighted by atomic mass is 9.86. The van der Waals surface area contributed by atoms with Crippen LogP contribution >= 0.6 is 0 Å². The predicted octanol–water partition coefficient (Wildman–Crippen LogP) is 2.22. The molecule has 1 aromatic heterocycles. The normalized spacial score (nSPS) is 12.1. The minimum absolute atomic E-state index is 0.0123. The summed E-state index contributed by atoms with van der Waals surface area (Å²) in [5.41, 5.74) is 3.95. The van der Waals surface area contributed by atoms with Gasteiger partial charge in [-0.2, -0.15) is 5.10 Å². The Morgan fingerprint density at radius 3 is 2.31 bits per heavy atom. The number of nitrogens with one attached hydrogen (secondary N) is 4. The van der Waals surface area contributed by atoms with E-state index in [1.165, 1.54) is 30.3 Å². The first-order valence-corrected chi connectivity index (χ1v) is 11.5. The summed E-state index contributed by atoms with van der Waals surface area (Å²) in [6.45, 7) is 4.35. The van der Waals surface area contributed by atoms with Crippen LogP contribution < -0.4 is 16.4 Å². The molecule has 0 spiro atoms. The molecule has 0 fully saturated rings. The standard InChI is InChI=1S/C25H26F3N7O4/c1-25(2,3)20(24(38)32-10-16(29)39-22(31)21(30)36)33-23(37)18-14-8-9-15(27)17(28)19(14)35(34-18)11-12-4-6-13(26)7-5-12/h4-9,20,29,31H,10-11H2,1-3H3,(H2,30,36)(H,32,38)(H,33,37). The molecule has 206 valence electrons. The molecule has 0 bridgehead atoms. The quantitative estimate of drug-likeness (QED) is 0.226. The summed E-state index contributed by atoms with van der Waals surface area (Å²) in [5, 5.41) is 23.9. The molecular formula is C25H26F3N7O4. The van der Waals surface area contributed by atoms with Crippen molar-refractivity contribution >= 4 is 40.4 Å². The van der Waals surface area contributed by atoms with Gasteiger partial charge in [-0.15, -0.1) is 0 Å². The van der Waals surface area contributed by atoms with Crippen molar-refractivity contribution in [1.82, 2.24) is 20.4 Å². The summed E-state index contributed by atoms with van der Waals surface area (Å²) >= 11 is 0. The fourth-order valence-electron chi connectivity index (χ4n) is 3.61. The van der Waals surface area contributed by atoms with Gasteiger partial charge in [-0.1, -0.05) is 32.9 Å². The fourth-order valence-corrected chi connectivity index (χ4v) is 3.61. The molecule has 14 heteroatoms. The highest BCUT2D eigenvalue weighted by Crippen LogP contribution is 2.26. The first-order valence-electron chi connectivity index (χ1n) is 11.5. The molecule has 3 rings (SSSR count). The molecule has 3 aromatic rings. The van der Waals surface area contributed by atoms with Crippen LogP contribution in [0.15, 0.2) is 36.4 Å². The molecule has 11 nitrogen and oxygen atoms in total. The van der Waals surface area contributed by atoms with E-state index in [0.717, 1.165) is 10.7 Å². The molecule has 6 N–H and O–H groups in total. The molecule has 2 aromatic carbocycles. The van der Waals surface area contributed by atoms with Gasteiger partial charge in [0.25, 0.3) is 11.8 Å². The van der Waals surface area contributed by atoms with E-state index in [4.69, 9.17) is 16.6 Å². The summed E-state index contributed by atoms with van der Waals surface area (Å²) < 4.78 is 47.9. The third kappa shape index (κ3) is 6.77. The number of fused-ring (bicyclic) bond motifs is 1. The summed E-state index contributed by atoms with van der Waals surface area (Å²) in [7, 11) is 0. The highest BCUT2D eigenvalue weighted by Gasteiger charge is 2.34. The molecule has 3 amide bonds. The number of aromatic nitrogens is 2. The Kier molecular flexibility index (Phi) is 8.37. The van der Waals surface area contributed by atoms with E-state index >= 15 is 0 Å². The van der Waals surface area contributed by atoms with Crippen LogP contribution in [0.25, 0.3) is 10.9 Å². The van der Waals surface area contributed by atoms with Crippen LogP contribution in [-0.2, 0) is 20.9 Å². The number of nitrogens with two attached hydrogens (primary N) is 1. The smallest absolute Gasteiger partial charge is 0.304 e. The zero-order valence-electron chi connectivity index (χ0n) is 21.2. The van der Waals surface area contributed by atoms with E-state index < -0.39 is 65.0 Å². The second-order valence-corrected chi connectivity index (χ2v) is 9.60. The van der Waals surface area contributed by atoms with E-state index in [9.17, 15) is 27.6 Å². The number of carbonyl (C=O) groups is 3. The Labute approximate surface area is 220 Å². The summed E-state index contributed by atoms with van der Waals surface area (Å²) in [6, 6.07) is 6.10. The SMILES string of the molecule is CC(C)(C)C(NC(=O)c1nn(Cc2ccc(F)cc2)c2c(F)c(F)ccc12)C(=O)NCC(=N)OC(=N)C(N)=O. The van der Waals surface area contributed by atoms with Crippen molar-refractivity contribution in [2.45, 2.75) is 33.4 Å². The number of halogens is 3. The molecular weight excluding hydrogens is 519 g/mol. The number of primary amides is 1. The van der Waals surface area contributed by atoms with E-state index in [2.05, 4.69) is 20.5 Å². The van der Waals surface area contributed by atoms with Gasteiger partial charge in [0, 0.05) is 5.39 Å². The van der Waals surface area contributed by atoms with E-state index in [-0.39, 0.29) is 23.1 Å². The third-order valence-corrected chi connectivity index (χ3v) is 5.54. The molecule has 0 aliphatic rings. The number of amides is 3. The maximum Gasteiger partial charge on any atom is 0.304 e. The highest BCUT2D eigenvalue weighted by molar-refractivity contribution is 6.35. The lowest BCUT2D eigenvalue weighted by Crippen LogP contribution is -2.54. The van der Waals surface area contributed by atoms with Gasteiger partial charge in [-0.3, -0.25) is 29.9 Å². The van der Waals surface area contributed by atoms with Crippen LogP contribution in [0.4, 0.5) is 13.2 Å². The number of carbonyl (C=O) groups excluding carboxylic acids is 3. The maximum absolute atomic E-state index is 14.8. The topological polar surface area (TPSA) is 176 Å². The molecule has 1 atom stereocenters. The number of hydrogen-bond acceptors (Lipinski definition) is 7. The van der Waals surface area contributed by atoms with Crippen LogP contribution in [0.2, 0.25) is 0 Å². The molecule has 0 radical (unpaired) electrons. The van der Waals surface area contributed by atoms with Crippen molar-refractivity contribution < 1.29 is 32.3 Å². The monoisotopic (exact) mass is 545 g/mol. The Bertz CT molecular complexity index is 1460. The molecule has 0 saturated heterocycles. The highest BCUT2D eigenvalue weighted by atomic mass is 19.2. The van der Waals surface area contributed by atoms with Gasteiger partial charge in [-0.25, -0.2) is 13.2 Å². The number of benzene rings is 2. The molecule has 39 heavy (non-hydrogen) atoms. The van der Waals surface area contributed by atoms with Crippen LogP contribution in [0, 0.1) is 33.7 Å². The van der Waals surface area contributed by atoms with Gasteiger partial charge in [0.15, 0.2) is 17.3 Å². The first kappa shape index (κ1) is 28.8. The minimum atomic E-state index is -1.23. The molecule has 0 saturated carbocycles. The van der Waals surface area contributed by atoms with Crippen LogP contribution in [0.5, 0.6) is 0 Å². The summed E-state index contributed by atoms with van der Waals surface area (Å²) in [6.07, 6.45) is 0. The molecule has 1 heterocycles. The van der Waals surface area contributed by atoms with Gasteiger partial charge in [0.1, 0.15) is 17.4 Å². The third-order valence-electron chi connectivity index (χ3n) is 5.54. The number of rotatable bonds is 7. The van der Waals surface area contributed by atoms with E-state index in [1.54, 1.807) is 20.8 Å². The van der Waals surface area contributed by atoms with Crippen molar-refractivity contribution in [2.75, 3.05) is 6.54 Å². The lowest BCUT2D eigenvalue weighted by molar-refractivity contribution is -0.125. The van der Waals surface area contributed by atoms with Crippen molar-refractivity contribution in [1.29, 1.82) is 10.8 Å². The Morgan fingerprint density at radius 1 is 1.08 bits per heavy atom. The molecule has 1 unspecified atom stereocenters. The van der Waals surface area contributed by atoms with Gasteiger partial charge in [-0.05, 0) is 35.2 Å². The summed E-state index contributed by atoms with van der Waals surface area (Å²) in [5.74, 6) is -7.30. The van der Waals surface area contributed by atoms with Gasteiger partial charge >= 0.3 is 5.91 Å². The Morgan fingerprint density at radius 2 is 1.72 bits per heavy atom. The van der Waals surface area contributed by atoms with Crippen molar-refractivity contribution in [3.63, 3.8) is 0 Å². The minimum Gasteiger partial charge on any atom is -0.419 e. The second kappa shape index (κ2) is 11.3. The van der Waals surface area contributed by atoms with E-state index in [0.29, 0.717) is 5.56 Å². The molecule has 0 aliphatic heterocycles. The van der Waals surface area contributed by atoms with Crippen molar-refractivity contribution in [3.8, 4) is 0 Å². The number of ether oxygens (including phenoxy) is 1. The zero-order valence-corrected chi connectivity index (χ0v) is 21.2. The maximum atomic E-state index is 14.8. The largest absolute Gasteiger partial charge is 0.419 e. The van der Waals surface area contributed by atoms with Gasteiger partial charge in [0.2, 0.25) is 11.8 Å². The number of nitrogens with zero attached hydrogens (tertiary/aromatic N) is 2. The van der Waals surface area contributed by atoms with E-state index in [1.807, 2.05) is 0 Å². The van der Waals surface area contributed by atoms with Crippen molar-refractivity contribution in [3.05, 3.63) is 65.1 Å². The average molecular weight is 546 g/mol. The average Bonchev–Trinajstić information content (AvgIpc) is 3.22. The predicted molar refractivity (Wildman–Crippen MR) is 135 cm³/mol. The van der Waals surface area contributed by atoms with Crippen LogP contribution in [0.1, 0.15) is 36.8 Å². The Hall–Kier alpha value is -4.75. The van der Waals surface area contributed by atoms with Crippen molar-refractivity contribution in [2.24, 2.45) is 11.1 Å². The second-order valence-electron chi connectivity index (χ2n) is 9.60. The zero-order chi connectivity index (χ0) is 29.1. The van der Waals surface area contributed by atoms with Gasteiger partial charge in [0.05, 0.1) is 13.1 Å². The fraction of sp³-hybridized carbons (Fsp3) is 0.280. The van der Waals surface area contributed by atoms with Gasteiger partial charge < -0.3 is 21.1 Å². The van der Waals surface area contributed by atoms with Crippen LogP contribution in [-0.4, -0.2) is 51.9 Å². The Balaban J connectivity index is 1.88. The molecule has 0 aliphatic carbocycles. The first-order chi connectivity index (χ1) is 18.2.